The second-order valence-corrected chi connectivity index (χ2v) is 4.71. The van der Waals surface area contributed by atoms with Gasteiger partial charge in [-0.1, -0.05) is 25.4 Å². The molecule has 0 radical (unpaired) electrons. The second-order valence-electron chi connectivity index (χ2n) is 4.31. The fourth-order valence-electron chi connectivity index (χ4n) is 1.32. The highest BCUT2D eigenvalue weighted by Gasteiger charge is 2.06. The number of carbonyl (C=O) groups is 1. The Morgan fingerprint density at radius 1 is 1.44 bits per heavy atom. The number of anilines is 1. The van der Waals surface area contributed by atoms with Gasteiger partial charge in [0.05, 0.1) is 11.6 Å². The van der Waals surface area contributed by atoms with E-state index in [1.165, 1.54) is 0 Å². The summed E-state index contributed by atoms with van der Waals surface area (Å²) in [5, 5.41) is 5.97. The van der Waals surface area contributed by atoms with E-state index in [1.54, 1.807) is 18.2 Å². The van der Waals surface area contributed by atoms with Crippen LogP contribution in [-0.2, 0) is 0 Å². The molecule has 1 aromatic carbocycles. The summed E-state index contributed by atoms with van der Waals surface area (Å²) in [6, 6.07) is 4.93. The molecule has 0 unspecified atom stereocenters. The lowest BCUT2D eigenvalue weighted by Crippen LogP contribution is -2.31. The molecule has 0 saturated heterocycles. The van der Waals surface area contributed by atoms with Gasteiger partial charge in [-0.25, -0.2) is 4.79 Å². The summed E-state index contributed by atoms with van der Waals surface area (Å²) in [6.45, 7) is 7.15. The smallest absolute Gasteiger partial charge is 0.319 e. The van der Waals surface area contributed by atoms with Crippen LogP contribution in [-0.4, -0.2) is 19.2 Å². The Balaban J connectivity index is 2.57. The van der Waals surface area contributed by atoms with Crippen molar-refractivity contribution in [2.24, 2.45) is 5.92 Å². The first-order valence-corrected chi connectivity index (χ1v) is 6.38. The maximum absolute atomic E-state index is 11.5. The number of benzene rings is 1. The van der Waals surface area contributed by atoms with Crippen molar-refractivity contribution in [2.75, 3.05) is 18.5 Å². The Morgan fingerprint density at radius 3 is 2.72 bits per heavy atom. The number of hydrogen-bond donors (Lipinski definition) is 2. The minimum Gasteiger partial charge on any atom is -0.492 e. The molecule has 0 atom stereocenters. The SMILES string of the molecule is CCOc1ccc(NC(=O)NCC(C)C)cc1Cl. The number of rotatable bonds is 5. The van der Waals surface area contributed by atoms with Crippen molar-refractivity contribution in [1.29, 1.82) is 0 Å². The highest BCUT2D eigenvalue weighted by molar-refractivity contribution is 6.32. The molecule has 5 heteroatoms. The summed E-state index contributed by atoms with van der Waals surface area (Å²) in [6.07, 6.45) is 0. The molecule has 0 aliphatic heterocycles. The summed E-state index contributed by atoms with van der Waals surface area (Å²) in [7, 11) is 0. The normalized spacial score (nSPS) is 10.3. The Morgan fingerprint density at radius 2 is 2.17 bits per heavy atom. The predicted octanol–water partition coefficient (Wildman–Crippen LogP) is 3.52. The summed E-state index contributed by atoms with van der Waals surface area (Å²) < 4.78 is 5.32. The highest BCUT2D eigenvalue weighted by Crippen LogP contribution is 2.27. The zero-order chi connectivity index (χ0) is 13.5. The van der Waals surface area contributed by atoms with E-state index in [4.69, 9.17) is 16.3 Å². The van der Waals surface area contributed by atoms with Crippen LogP contribution in [0.15, 0.2) is 18.2 Å². The van der Waals surface area contributed by atoms with E-state index in [1.807, 2.05) is 20.8 Å². The van der Waals surface area contributed by atoms with Gasteiger partial charge in [-0.05, 0) is 31.0 Å². The Bertz CT molecular complexity index is 408. The van der Waals surface area contributed by atoms with Crippen molar-refractivity contribution in [2.45, 2.75) is 20.8 Å². The molecular weight excluding hydrogens is 252 g/mol. The van der Waals surface area contributed by atoms with E-state index in [0.29, 0.717) is 35.5 Å². The third-order valence-electron chi connectivity index (χ3n) is 2.16. The molecule has 0 heterocycles. The number of nitrogens with one attached hydrogen (secondary N) is 2. The molecule has 2 N–H and O–H groups in total. The van der Waals surface area contributed by atoms with Crippen LogP contribution in [0.4, 0.5) is 10.5 Å². The maximum atomic E-state index is 11.5. The molecule has 0 bridgehead atoms. The maximum Gasteiger partial charge on any atom is 0.319 e. The predicted molar refractivity (Wildman–Crippen MR) is 74.5 cm³/mol. The van der Waals surface area contributed by atoms with Crippen LogP contribution >= 0.6 is 11.6 Å². The summed E-state index contributed by atoms with van der Waals surface area (Å²) in [4.78, 5) is 11.5. The van der Waals surface area contributed by atoms with E-state index in [9.17, 15) is 4.79 Å². The van der Waals surface area contributed by atoms with E-state index >= 15 is 0 Å². The first-order chi connectivity index (χ1) is 8.52. The van der Waals surface area contributed by atoms with Gasteiger partial charge in [0.25, 0.3) is 0 Å². The van der Waals surface area contributed by atoms with Gasteiger partial charge in [-0.2, -0.15) is 0 Å². The average Bonchev–Trinajstić information content (AvgIpc) is 2.30. The first kappa shape index (κ1) is 14.6. The van der Waals surface area contributed by atoms with Gasteiger partial charge < -0.3 is 15.4 Å². The molecule has 0 fully saturated rings. The Hall–Kier alpha value is -1.42. The van der Waals surface area contributed by atoms with Crippen LogP contribution in [0.25, 0.3) is 0 Å². The number of carbonyl (C=O) groups excluding carboxylic acids is 1. The van der Waals surface area contributed by atoms with E-state index in [0.717, 1.165) is 0 Å². The molecule has 1 rings (SSSR count). The van der Waals surface area contributed by atoms with Gasteiger partial charge in [0, 0.05) is 12.2 Å². The van der Waals surface area contributed by atoms with Gasteiger partial charge in [0.1, 0.15) is 5.75 Å². The summed E-state index contributed by atoms with van der Waals surface area (Å²) in [5.41, 5.74) is 0.643. The Labute approximate surface area is 113 Å². The lowest BCUT2D eigenvalue weighted by Gasteiger charge is -2.11. The third kappa shape index (κ3) is 4.84. The molecule has 4 nitrogen and oxygen atoms in total. The fraction of sp³-hybridized carbons (Fsp3) is 0.462. The number of urea groups is 1. The molecule has 2 amide bonds. The monoisotopic (exact) mass is 270 g/mol. The molecule has 0 saturated carbocycles. The van der Waals surface area contributed by atoms with Gasteiger partial charge in [0.2, 0.25) is 0 Å². The lowest BCUT2D eigenvalue weighted by molar-refractivity contribution is 0.251. The minimum atomic E-state index is -0.232. The minimum absolute atomic E-state index is 0.232. The Kier molecular flexibility index (Phi) is 5.78. The van der Waals surface area contributed by atoms with Crippen LogP contribution < -0.4 is 15.4 Å². The van der Waals surface area contributed by atoms with Crippen molar-refractivity contribution in [1.82, 2.24) is 5.32 Å². The average molecular weight is 271 g/mol. The first-order valence-electron chi connectivity index (χ1n) is 6.00. The van der Waals surface area contributed by atoms with Crippen molar-refractivity contribution in [3.05, 3.63) is 23.2 Å². The zero-order valence-corrected chi connectivity index (χ0v) is 11.7. The van der Waals surface area contributed by atoms with Crippen molar-refractivity contribution in [3.8, 4) is 5.75 Å². The molecule has 0 aliphatic rings. The zero-order valence-electron chi connectivity index (χ0n) is 10.9. The standard InChI is InChI=1S/C13H19ClN2O2/c1-4-18-12-6-5-10(7-11(12)14)16-13(17)15-8-9(2)3/h5-7,9H,4,8H2,1-3H3,(H2,15,16,17). The number of hydrogen-bond acceptors (Lipinski definition) is 2. The van der Waals surface area contributed by atoms with Gasteiger partial charge in [0.15, 0.2) is 0 Å². The molecule has 1 aromatic rings. The highest BCUT2D eigenvalue weighted by atomic mass is 35.5. The molecule has 100 valence electrons. The second kappa shape index (κ2) is 7.11. The number of amides is 2. The largest absolute Gasteiger partial charge is 0.492 e. The van der Waals surface area contributed by atoms with Crippen molar-refractivity contribution in [3.63, 3.8) is 0 Å². The van der Waals surface area contributed by atoms with Gasteiger partial charge >= 0.3 is 6.03 Å². The molecule has 0 aromatic heterocycles. The molecule has 18 heavy (non-hydrogen) atoms. The summed E-state index contributed by atoms with van der Waals surface area (Å²) in [5.74, 6) is 1.03. The molecule has 0 aliphatic carbocycles. The molecule has 0 spiro atoms. The van der Waals surface area contributed by atoms with Crippen LogP contribution in [0.2, 0.25) is 5.02 Å². The van der Waals surface area contributed by atoms with E-state index < -0.39 is 0 Å². The number of ether oxygens (including phenoxy) is 1. The van der Waals surface area contributed by atoms with E-state index in [-0.39, 0.29) is 6.03 Å². The van der Waals surface area contributed by atoms with Crippen LogP contribution in [0.3, 0.4) is 0 Å². The fourth-order valence-corrected chi connectivity index (χ4v) is 1.56. The topological polar surface area (TPSA) is 50.4 Å². The lowest BCUT2D eigenvalue weighted by atomic mass is 10.2. The van der Waals surface area contributed by atoms with Crippen molar-refractivity contribution < 1.29 is 9.53 Å². The summed E-state index contributed by atoms with van der Waals surface area (Å²) >= 11 is 6.02. The van der Waals surface area contributed by atoms with Crippen LogP contribution in [0.5, 0.6) is 5.75 Å². The van der Waals surface area contributed by atoms with Gasteiger partial charge in [-0.3, -0.25) is 0 Å². The van der Waals surface area contributed by atoms with E-state index in [2.05, 4.69) is 10.6 Å². The quantitative estimate of drug-likeness (QED) is 0.860. The number of halogens is 1. The third-order valence-corrected chi connectivity index (χ3v) is 2.46. The van der Waals surface area contributed by atoms with Crippen LogP contribution in [0.1, 0.15) is 20.8 Å². The van der Waals surface area contributed by atoms with Crippen molar-refractivity contribution >= 4 is 23.3 Å². The van der Waals surface area contributed by atoms with Crippen LogP contribution in [0, 0.1) is 5.92 Å². The molecular formula is C13H19ClN2O2. The van der Waals surface area contributed by atoms with Gasteiger partial charge in [-0.15, -0.1) is 0 Å².